The fourth-order valence-corrected chi connectivity index (χ4v) is 3.95. The Hall–Kier alpha value is -1.15. The van der Waals surface area contributed by atoms with Crippen molar-refractivity contribution in [1.29, 1.82) is 0 Å². The molecule has 1 unspecified atom stereocenters. The number of fused-ring (bicyclic) bond motifs is 1. The van der Waals surface area contributed by atoms with E-state index >= 15 is 0 Å². The van der Waals surface area contributed by atoms with Crippen molar-refractivity contribution in [3.05, 3.63) is 23.8 Å². The summed E-state index contributed by atoms with van der Waals surface area (Å²) in [6, 6.07) is 5.25. The molecule has 0 bridgehead atoms. The second-order valence-corrected chi connectivity index (χ2v) is 7.68. The highest BCUT2D eigenvalue weighted by atomic mass is 35.5. The minimum absolute atomic E-state index is 0. The van der Waals surface area contributed by atoms with Crippen molar-refractivity contribution in [3.63, 3.8) is 0 Å². The van der Waals surface area contributed by atoms with E-state index < -0.39 is 10.0 Å². The molecule has 1 saturated heterocycles. The van der Waals surface area contributed by atoms with Crippen molar-refractivity contribution in [2.45, 2.75) is 36.6 Å². The molecule has 1 aromatic carbocycles. The van der Waals surface area contributed by atoms with Crippen LogP contribution in [0.25, 0.3) is 0 Å². The number of nitrogens with zero attached hydrogens (tertiary/aromatic N) is 1. The van der Waals surface area contributed by atoms with Crippen LogP contribution in [0, 0.1) is 0 Å². The van der Waals surface area contributed by atoms with Gasteiger partial charge >= 0.3 is 0 Å². The van der Waals surface area contributed by atoms with Crippen LogP contribution in [0.5, 0.6) is 0 Å². The second-order valence-electron chi connectivity index (χ2n) is 5.79. The number of carbonyl (C=O) groups is 1. The zero-order valence-electron chi connectivity index (χ0n) is 13.0. The van der Waals surface area contributed by atoms with Gasteiger partial charge in [0.05, 0.1) is 4.90 Å². The summed E-state index contributed by atoms with van der Waals surface area (Å²) in [7, 11) is -2.04. The van der Waals surface area contributed by atoms with Crippen molar-refractivity contribution in [2.75, 3.05) is 25.0 Å². The summed E-state index contributed by atoms with van der Waals surface area (Å²) < 4.78 is 26.0. The molecule has 2 aliphatic heterocycles. The van der Waals surface area contributed by atoms with E-state index in [1.54, 1.807) is 23.1 Å². The quantitative estimate of drug-likeness (QED) is 0.842. The van der Waals surface area contributed by atoms with Gasteiger partial charge in [-0.1, -0.05) is 0 Å². The number of amides is 1. The average Bonchev–Trinajstić information content (AvgIpc) is 3.15. The molecule has 2 heterocycles. The lowest BCUT2D eigenvalue weighted by Crippen LogP contribution is -2.34. The van der Waals surface area contributed by atoms with Crippen molar-refractivity contribution >= 4 is 34.0 Å². The number of anilines is 1. The van der Waals surface area contributed by atoms with Gasteiger partial charge in [0.25, 0.3) is 0 Å². The highest BCUT2D eigenvalue weighted by Crippen LogP contribution is 2.31. The molecule has 1 fully saturated rings. The van der Waals surface area contributed by atoms with Crippen LogP contribution >= 0.6 is 12.4 Å². The van der Waals surface area contributed by atoms with Crippen molar-refractivity contribution in [2.24, 2.45) is 0 Å². The summed E-state index contributed by atoms with van der Waals surface area (Å²) in [5, 5.41) is 3.34. The topological polar surface area (TPSA) is 78.5 Å². The molecular weight excluding hydrogens is 338 g/mol. The predicted molar refractivity (Wildman–Crippen MR) is 91.6 cm³/mol. The molecule has 3 rings (SSSR count). The molecule has 6 nitrogen and oxygen atoms in total. The van der Waals surface area contributed by atoms with Crippen LogP contribution in [-0.2, 0) is 21.2 Å². The van der Waals surface area contributed by atoms with E-state index in [1.165, 1.54) is 7.05 Å². The van der Waals surface area contributed by atoms with Gasteiger partial charge in [0.15, 0.2) is 0 Å². The third-order valence-electron chi connectivity index (χ3n) is 4.41. The molecule has 0 saturated carbocycles. The van der Waals surface area contributed by atoms with E-state index in [-0.39, 0.29) is 29.3 Å². The Morgan fingerprint density at radius 1 is 1.43 bits per heavy atom. The first-order valence-corrected chi connectivity index (χ1v) is 9.10. The number of benzene rings is 1. The summed E-state index contributed by atoms with van der Waals surface area (Å²) >= 11 is 0. The van der Waals surface area contributed by atoms with E-state index in [2.05, 4.69) is 10.0 Å². The Labute approximate surface area is 143 Å². The third kappa shape index (κ3) is 3.68. The minimum Gasteiger partial charge on any atom is -0.313 e. The molecular formula is C15H22ClN3O3S. The monoisotopic (exact) mass is 359 g/mol. The zero-order chi connectivity index (χ0) is 15.7. The molecule has 1 atom stereocenters. The van der Waals surface area contributed by atoms with Crippen LogP contribution in [-0.4, -0.2) is 40.5 Å². The van der Waals surface area contributed by atoms with Crippen molar-refractivity contribution < 1.29 is 13.2 Å². The maximum atomic E-state index is 12.5. The molecule has 0 spiro atoms. The highest BCUT2D eigenvalue weighted by Gasteiger charge is 2.28. The van der Waals surface area contributed by atoms with Gasteiger partial charge < -0.3 is 10.2 Å². The molecule has 2 aliphatic rings. The van der Waals surface area contributed by atoms with Crippen LogP contribution in [0.3, 0.4) is 0 Å². The van der Waals surface area contributed by atoms with Crippen LogP contribution in [0.4, 0.5) is 5.69 Å². The molecule has 128 valence electrons. The van der Waals surface area contributed by atoms with Gasteiger partial charge in [0.2, 0.25) is 15.9 Å². The molecule has 23 heavy (non-hydrogen) atoms. The fraction of sp³-hybridized carbons (Fsp3) is 0.533. The lowest BCUT2D eigenvalue weighted by atomic mass is 10.1. The fourth-order valence-electron chi connectivity index (χ4n) is 3.17. The first kappa shape index (κ1) is 18.2. The largest absolute Gasteiger partial charge is 0.313 e. The van der Waals surface area contributed by atoms with Gasteiger partial charge in [0, 0.05) is 24.7 Å². The number of sulfonamides is 1. The van der Waals surface area contributed by atoms with E-state index in [9.17, 15) is 13.2 Å². The molecule has 0 radical (unpaired) electrons. The van der Waals surface area contributed by atoms with E-state index in [0.717, 1.165) is 30.6 Å². The minimum atomic E-state index is -3.44. The number of halogens is 1. The molecule has 0 aliphatic carbocycles. The Balaban J connectivity index is 0.00000192. The number of carbonyl (C=O) groups excluding carboxylic acids is 1. The maximum absolute atomic E-state index is 12.5. The Bertz CT molecular complexity index is 687. The molecule has 2 N–H and O–H groups in total. The van der Waals surface area contributed by atoms with Gasteiger partial charge in [-0.15, -0.1) is 12.4 Å². The van der Waals surface area contributed by atoms with Crippen LogP contribution in [0.2, 0.25) is 0 Å². The number of nitrogens with one attached hydrogen (secondary N) is 2. The van der Waals surface area contributed by atoms with Gasteiger partial charge in [-0.2, -0.15) is 0 Å². The van der Waals surface area contributed by atoms with Crippen molar-refractivity contribution in [1.82, 2.24) is 10.0 Å². The normalized spacial score (nSPS) is 20.2. The second kappa shape index (κ2) is 7.17. The summed E-state index contributed by atoms with van der Waals surface area (Å²) in [5.41, 5.74) is 1.77. The highest BCUT2D eigenvalue weighted by molar-refractivity contribution is 7.89. The average molecular weight is 360 g/mol. The van der Waals surface area contributed by atoms with E-state index in [4.69, 9.17) is 0 Å². The summed E-state index contributed by atoms with van der Waals surface area (Å²) in [5.74, 6) is 0.113. The number of hydrogen-bond donors (Lipinski definition) is 2. The van der Waals surface area contributed by atoms with E-state index in [1.807, 2.05) is 0 Å². The Kier molecular flexibility index (Phi) is 5.67. The number of rotatable bonds is 4. The Morgan fingerprint density at radius 3 is 2.87 bits per heavy atom. The SMILES string of the molecule is CNS(=O)(=O)c1ccc2c(c1)CCN2C(=O)CC1CCCN1.Cl. The Morgan fingerprint density at radius 2 is 2.22 bits per heavy atom. The van der Waals surface area contributed by atoms with Gasteiger partial charge in [-0.25, -0.2) is 13.1 Å². The summed E-state index contributed by atoms with van der Waals surface area (Å²) in [6.07, 6.45) is 3.38. The van der Waals surface area contributed by atoms with Crippen LogP contribution in [0.1, 0.15) is 24.8 Å². The third-order valence-corrected chi connectivity index (χ3v) is 5.82. The van der Waals surface area contributed by atoms with Crippen molar-refractivity contribution in [3.8, 4) is 0 Å². The first-order chi connectivity index (χ1) is 10.5. The molecule has 8 heteroatoms. The molecule has 0 aromatic heterocycles. The van der Waals surface area contributed by atoms with Gasteiger partial charge in [-0.3, -0.25) is 4.79 Å². The smallest absolute Gasteiger partial charge is 0.240 e. The maximum Gasteiger partial charge on any atom is 0.240 e. The lowest BCUT2D eigenvalue weighted by Gasteiger charge is -2.20. The van der Waals surface area contributed by atoms with E-state index in [0.29, 0.717) is 19.4 Å². The predicted octanol–water partition coefficient (Wildman–Crippen LogP) is 1.05. The summed E-state index contributed by atoms with van der Waals surface area (Å²) in [4.78, 5) is 14.5. The lowest BCUT2D eigenvalue weighted by molar-refractivity contribution is -0.118. The van der Waals surface area contributed by atoms with Crippen LogP contribution < -0.4 is 14.9 Å². The molecule has 1 aromatic rings. The van der Waals surface area contributed by atoms with Gasteiger partial charge in [0.1, 0.15) is 0 Å². The van der Waals surface area contributed by atoms with Crippen LogP contribution in [0.15, 0.2) is 23.1 Å². The summed E-state index contributed by atoms with van der Waals surface area (Å²) in [6.45, 7) is 1.61. The number of hydrogen-bond acceptors (Lipinski definition) is 4. The standard InChI is InChI=1S/C15H21N3O3S.ClH/c1-16-22(20,21)13-4-5-14-11(9-13)6-8-18(14)15(19)10-12-3-2-7-17-12;/h4-5,9,12,16-17H,2-3,6-8,10H2,1H3;1H. The molecule has 1 amide bonds. The van der Waals surface area contributed by atoms with Gasteiger partial charge in [-0.05, 0) is 56.6 Å². The first-order valence-electron chi connectivity index (χ1n) is 7.61. The zero-order valence-corrected chi connectivity index (χ0v) is 14.7.